The highest BCUT2D eigenvalue weighted by Crippen LogP contribution is 2.19. The molecule has 0 N–H and O–H groups in total. The van der Waals surface area contributed by atoms with E-state index in [1.54, 1.807) is 6.92 Å². The van der Waals surface area contributed by atoms with Crippen LogP contribution in [0.25, 0.3) is 5.65 Å². The summed E-state index contributed by atoms with van der Waals surface area (Å²) in [7, 11) is 1.25. The predicted octanol–water partition coefficient (Wildman–Crippen LogP) is 2.22. The quantitative estimate of drug-likeness (QED) is 0.721. The standard InChI is InChI=1S/C10H8ClFN2O2/c1-5-8(10(15)16-2)14-4-6(11)3-7(12)9(14)13-5/h3-4H,1-2H3. The highest BCUT2D eigenvalue weighted by molar-refractivity contribution is 6.30. The highest BCUT2D eigenvalue weighted by Gasteiger charge is 2.19. The number of hydrogen-bond acceptors (Lipinski definition) is 3. The van der Waals surface area contributed by atoms with Crippen molar-refractivity contribution in [1.82, 2.24) is 9.38 Å². The summed E-state index contributed by atoms with van der Waals surface area (Å²) in [6.45, 7) is 1.60. The number of aryl methyl sites for hydroxylation is 1. The number of hydrogen-bond donors (Lipinski definition) is 0. The summed E-state index contributed by atoms with van der Waals surface area (Å²) in [6.07, 6.45) is 1.42. The second-order valence-corrected chi connectivity index (χ2v) is 3.67. The number of methoxy groups -OCH3 is 1. The number of ether oxygens (including phenoxy) is 1. The molecule has 0 fully saturated rings. The molecule has 6 heteroatoms. The third-order valence-corrected chi connectivity index (χ3v) is 2.40. The average Bonchev–Trinajstić information content (AvgIpc) is 2.54. The fraction of sp³-hybridized carbons (Fsp3) is 0.200. The SMILES string of the molecule is COC(=O)c1c(C)nc2c(F)cc(Cl)cn12. The summed E-state index contributed by atoms with van der Waals surface area (Å²) in [4.78, 5) is 15.4. The van der Waals surface area contributed by atoms with Crippen LogP contribution < -0.4 is 0 Å². The van der Waals surface area contributed by atoms with Crippen LogP contribution in [0.3, 0.4) is 0 Å². The average molecular weight is 243 g/mol. The monoisotopic (exact) mass is 242 g/mol. The van der Waals surface area contributed by atoms with E-state index in [0.29, 0.717) is 5.69 Å². The van der Waals surface area contributed by atoms with Gasteiger partial charge in [-0.05, 0) is 13.0 Å². The molecule has 0 saturated carbocycles. The lowest BCUT2D eigenvalue weighted by Gasteiger charge is -2.01. The number of carbonyl (C=O) groups is 1. The Morgan fingerprint density at radius 2 is 2.31 bits per heavy atom. The topological polar surface area (TPSA) is 43.6 Å². The minimum atomic E-state index is -0.578. The van der Waals surface area contributed by atoms with Crippen LogP contribution in [-0.4, -0.2) is 22.5 Å². The Kier molecular flexibility index (Phi) is 2.55. The summed E-state index contributed by atoms with van der Waals surface area (Å²) in [6, 6.07) is 1.14. The number of rotatable bonds is 1. The zero-order chi connectivity index (χ0) is 11.9. The van der Waals surface area contributed by atoms with Gasteiger partial charge in [0, 0.05) is 6.20 Å². The lowest BCUT2D eigenvalue weighted by Crippen LogP contribution is -2.07. The molecule has 84 valence electrons. The molecule has 0 atom stereocenters. The molecule has 0 amide bonds. The fourth-order valence-electron chi connectivity index (χ4n) is 1.53. The van der Waals surface area contributed by atoms with Gasteiger partial charge in [0.25, 0.3) is 0 Å². The van der Waals surface area contributed by atoms with Crippen LogP contribution >= 0.6 is 11.6 Å². The minimum Gasteiger partial charge on any atom is -0.464 e. The molecule has 0 saturated heterocycles. The number of aromatic nitrogens is 2. The number of pyridine rings is 1. The molecule has 2 rings (SSSR count). The molecule has 4 nitrogen and oxygen atoms in total. The van der Waals surface area contributed by atoms with Crippen molar-refractivity contribution in [2.45, 2.75) is 6.92 Å². The molecule has 0 aromatic carbocycles. The summed E-state index contributed by atoms with van der Waals surface area (Å²) < 4.78 is 19.4. The molecule has 0 aliphatic heterocycles. The smallest absolute Gasteiger partial charge is 0.356 e. The third-order valence-electron chi connectivity index (χ3n) is 2.19. The van der Waals surface area contributed by atoms with Crippen molar-refractivity contribution < 1.29 is 13.9 Å². The lowest BCUT2D eigenvalue weighted by molar-refractivity contribution is 0.0592. The Balaban J connectivity index is 2.83. The summed E-state index contributed by atoms with van der Waals surface area (Å²) in [5.41, 5.74) is 0.634. The van der Waals surface area contributed by atoms with Gasteiger partial charge in [-0.1, -0.05) is 11.6 Å². The normalized spacial score (nSPS) is 10.8. The Morgan fingerprint density at radius 1 is 1.62 bits per heavy atom. The van der Waals surface area contributed by atoms with E-state index in [0.717, 1.165) is 6.07 Å². The van der Waals surface area contributed by atoms with E-state index in [1.807, 2.05) is 0 Å². The first-order valence-corrected chi connectivity index (χ1v) is 4.84. The number of carbonyl (C=O) groups excluding carboxylic acids is 1. The molecule has 0 aliphatic rings. The van der Waals surface area contributed by atoms with Crippen LogP contribution in [0.5, 0.6) is 0 Å². The van der Waals surface area contributed by atoms with Gasteiger partial charge in [0.1, 0.15) is 0 Å². The van der Waals surface area contributed by atoms with Gasteiger partial charge in [-0.15, -0.1) is 0 Å². The Hall–Kier alpha value is -1.62. The van der Waals surface area contributed by atoms with Crippen molar-refractivity contribution in [2.24, 2.45) is 0 Å². The van der Waals surface area contributed by atoms with Crippen LogP contribution in [0.1, 0.15) is 16.2 Å². The fourth-order valence-corrected chi connectivity index (χ4v) is 1.72. The summed E-state index contributed by atoms with van der Waals surface area (Å²) in [5.74, 6) is -1.16. The molecule has 0 bridgehead atoms. The maximum absolute atomic E-state index is 13.5. The van der Waals surface area contributed by atoms with Crippen molar-refractivity contribution in [3.63, 3.8) is 0 Å². The number of halogens is 2. The first-order valence-electron chi connectivity index (χ1n) is 4.46. The van der Waals surface area contributed by atoms with E-state index in [4.69, 9.17) is 11.6 Å². The predicted molar refractivity (Wildman–Crippen MR) is 56.2 cm³/mol. The molecule has 0 aliphatic carbocycles. The zero-order valence-electron chi connectivity index (χ0n) is 8.62. The van der Waals surface area contributed by atoms with Gasteiger partial charge in [0.05, 0.1) is 17.8 Å². The van der Waals surface area contributed by atoms with E-state index in [2.05, 4.69) is 9.72 Å². The van der Waals surface area contributed by atoms with Crippen molar-refractivity contribution >= 4 is 23.2 Å². The van der Waals surface area contributed by atoms with Gasteiger partial charge in [0.15, 0.2) is 17.2 Å². The number of esters is 1. The molecular weight excluding hydrogens is 235 g/mol. The van der Waals surface area contributed by atoms with Crippen LogP contribution in [0.4, 0.5) is 4.39 Å². The van der Waals surface area contributed by atoms with Gasteiger partial charge in [-0.2, -0.15) is 0 Å². The van der Waals surface area contributed by atoms with Crippen LogP contribution in [0.2, 0.25) is 5.02 Å². The molecular formula is C10H8ClFN2O2. The van der Waals surface area contributed by atoms with Crippen LogP contribution in [0.15, 0.2) is 12.3 Å². The van der Waals surface area contributed by atoms with Crippen molar-refractivity contribution in [2.75, 3.05) is 7.11 Å². The zero-order valence-corrected chi connectivity index (χ0v) is 9.38. The van der Waals surface area contributed by atoms with Crippen molar-refractivity contribution in [3.8, 4) is 0 Å². The number of fused-ring (bicyclic) bond motifs is 1. The van der Waals surface area contributed by atoms with E-state index in [1.165, 1.54) is 17.7 Å². The Bertz CT molecular complexity index is 580. The first kappa shape index (κ1) is 10.9. The molecule has 0 spiro atoms. The third kappa shape index (κ3) is 1.53. The van der Waals surface area contributed by atoms with Crippen molar-refractivity contribution in [3.05, 3.63) is 34.5 Å². The maximum atomic E-state index is 13.5. The van der Waals surface area contributed by atoms with E-state index in [-0.39, 0.29) is 16.4 Å². The van der Waals surface area contributed by atoms with Gasteiger partial charge in [-0.25, -0.2) is 14.2 Å². The van der Waals surface area contributed by atoms with Crippen LogP contribution in [-0.2, 0) is 4.74 Å². The van der Waals surface area contributed by atoms with E-state index < -0.39 is 11.8 Å². The van der Waals surface area contributed by atoms with Crippen LogP contribution in [0, 0.1) is 12.7 Å². The minimum absolute atomic E-state index is 0.0577. The molecule has 16 heavy (non-hydrogen) atoms. The van der Waals surface area contributed by atoms with Gasteiger partial charge in [0.2, 0.25) is 0 Å². The second-order valence-electron chi connectivity index (χ2n) is 3.24. The summed E-state index contributed by atoms with van der Waals surface area (Å²) >= 11 is 5.71. The number of imidazole rings is 1. The first-order chi connectivity index (χ1) is 7.54. The second kappa shape index (κ2) is 3.75. The Morgan fingerprint density at radius 3 is 2.94 bits per heavy atom. The lowest BCUT2D eigenvalue weighted by atomic mass is 10.3. The molecule has 2 aromatic rings. The maximum Gasteiger partial charge on any atom is 0.356 e. The molecule has 2 aromatic heterocycles. The van der Waals surface area contributed by atoms with Crippen molar-refractivity contribution in [1.29, 1.82) is 0 Å². The molecule has 0 radical (unpaired) electrons. The number of nitrogens with zero attached hydrogens (tertiary/aromatic N) is 2. The molecule has 2 heterocycles. The van der Waals surface area contributed by atoms with E-state index >= 15 is 0 Å². The van der Waals surface area contributed by atoms with Gasteiger partial charge in [-0.3, -0.25) is 4.40 Å². The Labute approximate surface area is 95.6 Å². The largest absolute Gasteiger partial charge is 0.464 e. The van der Waals surface area contributed by atoms with E-state index in [9.17, 15) is 9.18 Å². The molecule has 0 unspecified atom stereocenters. The highest BCUT2D eigenvalue weighted by atomic mass is 35.5. The summed E-state index contributed by atoms with van der Waals surface area (Å²) in [5, 5.41) is 0.188. The van der Waals surface area contributed by atoms with Gasteiger partial charge >= 0.3 is 5.97 Å². The van der Waals surface area contributed by atoms with Gasteiger partial charge < -0.3 is 4.74 Å².